The van der Waals surface area contributed by atoms with E-state index in [4.69, 9.17) is 4.52 Å². The van der Waals surface area contributed by atoms with Gasteiger partial charge in [-0.15, -0.1) is 11.3 Å². The van der Waals surface area contributed by atoms with Gasteiger partial charge in [-0.3, -0.25) is 0 Å². The fraction of sp³-hybridized carbons (Fsp3) is 0.0833. The minimum Gasteiger partial charge on any atom is -0.338 e. The molecule has 19 heavy (non-hydrogen) atoms. The Morgan fingerprint density at radius 2 is 2.32 bits per heavy atom. The third-order valence-corrected chi connectivity index (χ3v) is 4.85. The first kappa shape index (κ1) is 12.8. The molecule has 3 rings (SSSR count). The van der Waals surface area contributed by atoms with Crippen molar-refractivity contribution in [2.45, 2.75) is 10.8 Å². The maximum atomic E-state index is 5.23. The number of hydrogen-bond donors (Lipinski definition) is 0. The van der Waals surface area contributed by atoms with Crippen LogP contribution in [-0.2, 0) is 5.75 Å². The normalized spacial score (nSPS) is 10.8. The second-order valence-corrected chi connectivity index (χ2v) is 6.42. The molecule has 0 spiro atoms. The minimum atomic E-state index is 0.607. The Bertz CT molecular complexity index is 668. The number of nitrogens with zero attached hydrogens (tertiary/aromatic N) is 3. The van der Waals surface area contributed by atoms with E-state index in [1.54, 1.807) is 29.3 Å². The molecule has 0 aliphatic carbocycles. The Labute approximate surface area is 126 Å². The molecule has 3 aromatic heterocycles. The van der Waals surface area contributed by atoms with Crippen LogP contribution < -0.4 is 0 Å². The number of hydrogen-bond acceptors (Lipinski definition) is 6. The number of thioether (sulfide) groups is 1. The molecule has 0 amide bonds. The zero-order valence-corrected chi connectivity index (χ0v) is 12.8. The smallest absolute Gasteiger partial charge is 0.237 e. The standard InChI is InChI=1S/C12H8BrN3OS2/c13-8-5-9(18-6-8)12-15-10(17-16-12)7-19-11-3-1-2-4-14-11/h1-6H,7H2. The maximum absolute atomic E-state index is 5.23. The number of aromatic nitrogens is 3. The Hall–Kier alpha value is -1.18. The van der Waals surface area contributed by atoms with Crippen LogP contribution in [0.1, 0.15) is 5.89 Å². The summed E-state index contributed by atoms with van der Waals surface area (Å²) in [7, 11) is 0. The first-order valence-electron chi connectivity index (χ1n) is 5.42. The Balaban J connectivity index is 1.68. The van der Waals surface area contributed by atoms with Crippen LogP contribution in [-0.4, -0.2) is 15.1 Å². The molecule has 0 bridgehead atoms. The van der Waals surface area contributed by atoms with Crippen molar-refractivity contribution in [2.75, 3.05) is 0 Å². The van der Waals surface area contributed by atoms with Crippen molar-refractivity contribution in [3.63, 3.8) is 0 Å². The van der Waals surface area contributed by atoms with E-state index in [2.05, 4.69) is 31.1 Å². The highest BCUT2D eigenvalue weighted by molar-refractivity contribution is 9.10. The first-order chi connectivity index (χ1) is 9.31. The molecule has 0 atom stereocenters. The third kappa shape index (κ3) is 3.23. The molecule has 0 saturated carbocycles. The van der Waals surface area contributed by atoms with E-state index in [1.165, 1.54) is 0 Å². The van der Waals surface area contributed by atoms with E-state index in [0.717, 1.165) is 14.4 Å². The van der Waals surface area contributed by atoms with Crippen LogP contribution in [0.3, 0.4) is 0 Å². The zero-order valence-electron chi connectivity index (χ0n) is 9.62. The number of halogens is 1. The van der Waals surface area contributed by atoms with Crippen LogP contribution in [0.15, 0.2) is 49.9 Å². The number of pyridine rings is 1. The third-order valence-electron chi connectivity index (χ3n) is 2.24. The van der Waals surface area contributed by atoms with E-state index < -0.39 is 0 Å². The molecule has 0 fully saturated rings. The monoisotopic (exact) mass is 353 g/mol. The zero-order chi connectivity index (χ0) is 13.1. The molecule has 4 nitrogen and oxygen atoms in total. The summed E-state index contributed by atoms with van der Waals surface area (Å²) in [4.78, 5) is 9.59. The van der Waals surface area contributed by atoms with Crippen LogP contribution in [0.2, 0.25) is 0 Å². The molecule has 0 N–H and O–H groups in total. The van der Waals surface area contributed by atoms with Crippen LogP contribution in [0.25, 0.3) is 10.7 Å². The topological polar surface area (TPSA) is 51.8 Å². The van der Waals surface area contributed by atoms with Gasteiger partial charge in [-0.1, -0.05) is 23.0 Å². The van der Waals surface area contributed by atoms with Crippen molar-refractivity contribution in [3.8, 4) is 10.7 Å². The lowest BCUT2D eigenvalue weighted by Crippen LogP contribution is -1.82. The predicted molar refractivity (Wildman–Crippen MR) is 79.1 cm³/mol. The van der Waals surface area contributed by atoms with Crippen molar-refractivity contribution in [2.24, 2.45) is 0 Å². The van der Waals surface area contributed by atoms with Gasteiger partial charge in [0.1, 0.15) is 0 Å². The highest BCUT2D eigenvalue weighted by Crippen LogP contribution is 2.28. The molecule has 0 radical (unpaired) electrons. The Morgan fingerprint density at radius 3 is 3.05 bits per heavy atom. The summed E-state index contributed by atoms with van der Waals surface area (Å²) in [6.07, 6.45) is 1.77. The lowest BCUT2D eigenvalue weighted by atomic mass is 10.4. The molecule has 0 aliphatic heterocycles. The summed E-state index contributed by atoms with van der Waals surface area (Å²) in [6, 6.07) is 7.78. The van der Waals surface area contributed by atoms with Gasteiger partial charge in [-0.2, -0.15) is 4.98 Å². The Kier molecular flexibility index (Phi) is 3.95. The fourth-order valence-corrected chi connectivity index (χ4v) is 3.46. The fourth-order valence-electron chi connectivity index (χ4n) is 1.41. The summed E-state index contributed by atoms with van der Waals surface area (Å²) in [5, 5.41) is 6.92. The molecule has 96 valence electrons. The average molecular weight is 354 g/mol. The number of thiophene rings is 1. The van der Waals surface area contributed by atoms with E-state index >= 15 is 0 Å². The van der Waals surface area contributed by atoms with E-state index in [-0.39, 0.29) is 0 Å². The minimum absolute atomic E-state index is 0.607. The molecule has 0 saturated heterocycles. The molecule has 7 heteroatoms. The highest BCUT2D eigenvalue weighted by atomic mass is 79.9. The van der Waals surface area contributed by atoms with Crippen LogP contribution in [0, 0.1) is 0 Å². The average Bonchev–Trinajstić information content (AvgIpc) is 3.06. The quantitative estimate of drug-likeness (QED) is 0.656. The molecular formula is C12H8BrN3OS2. The van der Waals surface area contributed by atoms with Crippen LogP contribution in [0.4, 0.5) is 0 Å². The van der Waals surface area contributed by atoms with Crippen molar-refractivity contribution >= 4 is 39.0 Å². The second-order valence-electron chi connectivity index (χ2n) is 3.60. The summed E-state index contributed by atoms with van der Waals surface area (Å²) >= 11 is 6.56. The Morgan fingerprint density at radius 1 is 1.37 bits per heavy atom. The van der Waals surface area contributed by atoms with Gasteiger partial charge in [-0.05, 0) is 34.1 Å². The second kappa shape index (κ2) is 5.85. The van der Waals surface area contributed by atoms with Gasteiger partial charge in [0.15, 0.2) is 0 Å². The van der Waals surface area contributed by atoms with Crippen molar-refractivity contribution < 1.29 is 4.52 Å². The molecule has 0 aromatic carbocycles. The van der Waals surface area contributed by atoms with Crippen molar-refractivity contribution in [3.05, 3.63) is 46.2 Å². The summed E-state index contributed by atoms with van der Waals surface area (Å²) in [5.74, 6) is 1.86. The lowest BCUT2D eigenvalue weighted by Gasteiger charge is -1.94. The SMILES string of the molecule is Brc1csc(-c2noc(CSc3ccccn3)n2)c1. The van der Waals surface area contributed by atoms with Gasteiger partial charge in [0.05, 0.1) is 15.7 Å². The van der Waals surface area contributed by atoms with Crippen molar-refractivity contribution in [1.82, 2.24) is 15.1 Å². The summed E-state index contributed by atoms with van der Waals surface area (Å²) in [5.41, 5.74) is 0. The molecular weight excluding hydrogens is 346 g/mol. The molecule has 3 aromatic rings. The van der Waals surface area contributed by atoms with Gasteiger partial charge in [-0.25, -0.2) is 4.98 Å². The summed E-state index contributed by atoms with van der Waals surface area (Å²) < 4.78 is 6.26. The summed E-state index contributed by atoms with van der Waals surface area (Å²) in [6.45, 7) is 0. The van der Waals surface area contributed by atoms with Gasteiger partial charge < -0.3 is 4.52 Å². The van der Waals surface area contributed by atoms with Crippen molar-refractivity contribution in [1.29, 1.82) is 0 Å². The predicted octanol–water partition coefficient (Wildman–Crippen LogP) is 4.25. The van der Waals surface area contributed by atoms with E-state index in [9.17, 15) is 0 Å². The van der Waals surface area contributed by atoms with Crippen LogP contribution in [0.5, 0.6) is 0 Å². The first-order valence-corrected chi connectivity index (χ1v) is 8.08. The molecule has 0 aliphatic rings. The largest absolute Gasteiger partial charge is 0.338 e. The van der Waals surface area contributed by atoms with E-state index in [0.29, 0.717) is 17.5 Å². The lowest BCUT2D eigenvalue weighted by molar-refractivity contribution is 0.392. The highest BCUT2D eigenvalue weighted by Gasteiger charge is 2.11. The van der Waals surface area contributed by atoms with Gasteiger partial charge in [0, 0.05) is 16.0 Å². The van der Waals surface area contributed by atoms with Gasteiger partial charge in [0.25, 0.3) is 0 Å². The van der Waals surface area contributed by atoms with Crippen LogP contribution >= 0.6 is 39.0 Å². The van der Waals surface area contributed by atoms with Gasteiger partial charge in [0.2, 0.25) is 11.7 Å². The van der Waals surface area contributed by atoms with E-state index in [1.807, 2.05) is 29.6 Å². The van der Waals surface area contributed by atoms with Gasteiger partial charge >= 0.3 is 0 Å². The maximum Gasteiger partial charge on any atom is 0.237 e. The number of rotatable bonds is 4. The molecule has 0 unspecified atom stereocenters. The molecule has 3 heterocycles.